The van der Waals surface area contributed by atoms with Gasteiger partial charge in [-0.05, 0) is 53.7 Å². The number of fused-ring (bicyclic) bond motifs is 1. The largest absolute Gasteiger partial charge is 0.459 e. The summed E-state index contributed by atoms with van der Waals surface area (Å²) in [5.41, 5.74) is -0.776. The number of hydrogen-bond donors (Lipinski definition) is 0. The third-order valence-corrected chi connectivity index (χ3v) is 3.02. The van der Waals surface area contributed by atoms with Crippen LogP contribution >= 0.6 is 0 Å². The summed E-state index contributed by atoms with van der Waals surface area (Å²) in [7, 11) is 0. The van der Waals surface area contributed by atoms with E-state index in [9.17, 15) is 9.59 Å². The maximum atomic E-state index is 12.5. The van der Waals surface area contributed by atoms with Gasteiger partial charge in [0.15, 0.2) is 0 Å². The smallest absolute Gasteiger partial charge is 0.420 e. The molecule has 0 aliphatic heterocycles. The van der Waals surface area contributed by atoms with Gasteiger partial charge in [-0.1, -0.05) is 18.2 Å². The van der Waals surface area contributed by atoms with Crippen LogP contribution in [-0.2, 0) is 16.0 Å². The van der Waals surface area contributed by atoms with Gasteiger partial charge in [0.25, 0.3) is 0 Å². The van der Waals surface area contributed by atoms with Crippen LogP contribution in [0.25, 0.3) is 11.0 Å². The van der Waals surface area contributed by atoms with Crippen molar-refractivity contribution >= 4 is 23.2 Å². The van der Waals surface area contributed by atoms with E-state index in [1.807, 2.05) is 24.3 Å². The van der Waals surface area contributed by atoms with Gasteiger partial charge in [-0.2, -0.15) is 0 Å². The fourth-order valence-corrected chi connectivity index (χ4v) is 2.11. The molecule has 0 atom stereocenters. The van der Waals surface area contributed by atoms with Crippen LogP contribution in [0, 0.1) is 0 Å². The van der Waals surface area contributed by atoms with Crippen LogP contribution in [0.15, 0.2) is 34.7 Å². The summed E-state index contributed by atoms with van der Waals surface area (Å²) in [5.74, 6) is 0.470. The lowest BCUT2D eigenvalue weighted by Gasteiger charge is -2.28. The number of para-hydroxylation sites is 1. The lowest BCUT2D eigenvalue weighted by atomic mass is 10.2. The second kappa shape index (κ2) is 6.78. The molecule has 0 aliphatic carbocycles. The van der Waals surface area contributed by atoms with E-state index in [0.717, 1.165) is 10.3 Å². The average molecular weight is 347 g/mol. The topological polar surface area (TPSA) is 69.0 Å². The van der Waals surface area contributed by atoms with Gasteiger partial charge in [0.05, 0.1) is 6.54 Å². The Bertz CT molecular complexity index is 703. The molecular weight excluding hydrogens is 322 g/mol. The molecule has 0 N–H and O–H groups in total. The Hall–Kier alpha value is -2.50. The molecular formula is C19H25NO5. The van der Waals surface area contributed by atoms with E-state index in [1.165, 1.54) is 0 Å². The number of benzene rings is 1. The molecule has 0 radical (unpaired) electrons. The van der Waals surface area contributed by atoms with Crippen molar-refractivity contribution < 1.29 is 23.5 Å². The number of hydrogen-bond acceptors (Lipinski definition) is 5. The van der Waals surface area contributed by atoms with Gasteiger partial charge >= 0.3 is 12.2 Å². The zero-order valence-electron chi connectivity index (χ0n) is 15.6. The minimum absolute atomic E-state index is 0.0709. The van der Waals surface area contributed by atoms with E-state index in [2.05, 4.69) is 0 Å². The predicted octanol–water partition coefficient (Wildman–Crippen LogP) is 5.11. The number of nitrogens with zero attached hydrogens (tertiary/aromatic N) is 1. The monoisotopic (exact) mass is 347 g/mol. The van der Waals surface area contributed by atoms with Crippen LogP contribution in [0.5, 0.6) is 0 Å². The third kappa shape index (κ3) is 5.52. The zero-order chi connectivity index (χ0) is 18.8. The molecule has 0 bridgehead atoms. The van der Waals surface area contributed by atoms with E-state index in [4.69, 9.17) is 13.9 Å². The Morgan fingerprint density at radius 1 is 0.960 bits per heavy atom. The summed E-state index contributed by atoms with van der Waals surface area (Å²) >= 11 is 0. The number of carbonyl (C=O) groups is 2. The number of imide groups is 1. The molecule has 136 valence electrons. The molecule has 2 amide bonds. The van der Waals surface area contributed by atoms with Crippen molar-refractivity contribution in [2.75, 3.05) is 0 Å². The quantitative estimate of drug-likeness (QED) is 0.755. The highest BCUT2D eigenvalue weighted by Crippen LogP contribution is 2.22. The Morgan fingerprint density at radius 2 is 1.48 bits per heavy atom. The summed E-state index contributed by atoms with van der Waals surface area (Å²) in [6.07, 6.45) is -1.55. The van der Waals surface area contributed by atoms with Gasteiger partial charge in [0.1, 0.15) is 22.5 Å². The predicted molar refractivity (Wildman–Crippen MR) is 94.2 cm³/mol. The number of ether oxygens (including phenoxy) is 2. The Morgan fingerprint density at radius 3 is 1.96 bits per heavy atom. The molecule has 25 heavy (non-hydrogen) atoms. The Kier molecular flexibility index (Phi) is 5.11. The minimum atomic E-state index is -0.776. The van der Waals surface area contributed by atoms with Crippen LogP contribution < -0.4 is 0 Å². The first-order valence-corrected chi connectivity index (χ1v) is 8.15. The molecule has 0 spiro atoms. The first-order chi connectivity index (χ1) is 11.4. The third-order valence-electron chi connectivity index (χ3n) is 3.02. The first-order valence-electron chi connectivity index (χ1n) is 8.15. The summed E-state index contributed by atoms with van der Waals surface area (Å²) in [4.78, 5) is 25.8. The SMILES string of the molecule is CC(C)(C)OC(=O)N(Cc1cc2ccccc2o1)C(=O)OC(C)(C)C. The highest BCUT2D eigenvalue weighted by molar-refractivity contribution is 5.88. The van der Waals surface area contributed by atoms with E-state index < -0.39 is 23.4 Å². The molecule has 1 aromatic carbocycles. The molecule has 0 saturated heterocycles. The molecule has 0 fully saturated rings. The normalized spacial score (nSPS) is 12.1. The zero-order valence-corrected chi connectivity index (χ0v) is 15.6. The van der Waals surface area contributed by atoms with Gasteiger partial charge in [-0.3, -0.25) is 0 Å². The van der Waals surface area contributed by atoms with Gasteiger partial charge in [-0.15, -0.1) is 0 Å². The first kappa shape index (κ1) is 18.8. The molecule has 0 unspecified atom stereocenters. The van der Waals surface area contributed by atoms with Crippen molar-refractivity contribution in [2.45, 2.75) is 59.3 Å². The maximum absolute atomic E-state index is 12.5. The number of carbonyl (C=O) groups excluding carboxylic acids is 2. The second-order valence-corrected chi connectivity index (χ2v) is 7.80. The highest BCUT2D eigenvalue weighted by Gasteiger charge is 2.32. The van der Waals surface area contributed by atoms with Crippen molar-refractivity contribution in [1.29, 1.82) is 0 Å². The summed E-state index contributed by atoms with van der Waals surface area (Å²) in [6, 6.07) is 9.26. The van der Waals surface area contributed by atoms with Crippen molar-refractivity contribution in [3.63, 3.8) is 0 Å². The Labute approximate surface area is 147 Å². The van der Waals surface area contributed by atoms with Crippen molar-refractivity contribution in [2.24, 2.45) is 0 Å². The van der Waals surface area contributed by atoms with Gasteiger partial charge < -0.3 is 13.9 Å². The molecule has 1 aromatic heterocycles. The highest BCUT2D eigenvalue weighted by atomic mass is 16.6. The van der Waals surface area contributed by atoms with Gasteiger partial charge in [0, 0.05) is 5.39 Å². The molecule has 2 aromatic rings. The summed E-state index contributed by atoms with van der Waals surface area (Å²) < 4.78 is 16.4. The summed E-state index contributed by atoms with van der Waals surface area (Å²) in [5, 5.41) is 0.894. The minimum Gasteiger partial charge on any atom is -0.459 e. The second-order valence-electron chi connectivity index (χ2n) is 7.80. The number of furan rings is 1. The molecule has 1 heterocycles. The van der Waals surface area contributed by atoms with E-state index in [1.54, 1.807) is 47.6 Å². The Balaban J connectivity index is 2.26. The van der Waals surface area contributed by atoms with Crippen LogP contribution in [0.3, 0.4) is 0 Å². The number of rotatable bonds is 2. The van der Waals surface area contributed by atoms with Crippen molar-refractivity contribution in [1.82, 2.24) is 4.90 Å². The molecule has 6 nitrogen and oxygen atoms in total. The lowest BCUT2D eigenvalue weighted by molar-refractivity contribution is -0.00135. The summed E-state index contributed by atoms with van der Waals surface area (Å²) in [6.45, 7) is 10.3. The van der Waals surface area contributed by atoms with E-state index in [-0.39, 0.29) is 6.54 Å². The molecule has 0 saturated carbocycles. The van der Waals surface area contributed by atoms with E-state index >= 15 is 0 Å². The van der Waals surface area contributed by atoms with Crippen LogP contribution in [0.2, 0.25) is 0 Å². The van der Waals surface area contributed by atoms with E-state index in [0.29, 0.717) is 11.3 Å². The van der Waals surface area contributed by atoms with Gasteiger partial charge in [-0.25, -0.2) is 14.5 Å². The molecule has 6 heteroatoms. The van der Waals surface area contributed by atoms with Gasteiger partial charge in [0.2, 0.25) is 0 Å². The standard InChI is InChI=1S/C19H25NO5/c1-18(2,3)24-16(21)20(17(22)25-19(4,5)6)12-14-11-13-9-7-8-10-15(13)23-14/h7-11H,12H2,1-6H3. The van der Waals surface area contributed by atoms with Crippen LogP contribution in [-0.4, -0.2) is 28.3 Å². The van der Waals surface area contributed by atoms with Crippen molar-refractivity contribution in [3.05, 3.63) is 36.1 Å². The fourth-order valence-electron chi connectivity index (χ4n) is 2.11. The van der Waals surface area contributed by atoms with Crippen LogP contribution in [0.4, 0.5) is 9.59 Å². The maximum Gasteiger partial charge on any atom is 0.420 e. The average Bonchev–Trinajstić information content (AvgIpc) is 2.83. The molecule has 0 aliphatic rings. The van der Waals surface area contributed by atoms with Crippen molar-refractivity contribution in [3.8, 4) is 0 Å². The number of amides is 2. The lowest BCUT2D eigenvalue weighted by Crippen LogP contribution is -2.43. The fraction of sp³-hybridized carbons (Fsp3) is 0.474. The molecule has 2 rings (SSSR count). The van der Waals surface area contributed by atoms with Crippen LogP contribution in [0.1, 0.15) is 47.3 Å².